The van der Waals surface area contributed by atoms with Crippen LogP contribution in [0, 0.1) is 5.92 Å². The van der Waals surface area contributed by atoms with Crippen LogP contribution >= 0.6 is 11.8 Å². The molecule has 0 aliphatic heterocycles. The van der Waals surface area contributed by atoms with Crippen LogP contribution in [-0.2, 0) is 4.79 Å². The second kappa shape index (κ2) is 6.30. The van der Waals surface area contributed by atoms with Crippen LogP contribution in [0.3, 0.4) is 0 Å². The van der Waals surface area contributed by atoms with Gasteiger partial charge in [-0.2, -0.15) is 11.8 Å². The van der Waals surface area contributed by atoms with Crippen molar-refractivity contribution in [3.8, 4) is 0 Å². The van der Waals surface area contributed by atoms with Crippen LogP contribution in [0.25, 0.3) is 0 Å². The Balaban J connectivity index is 2.00. The molecule has 1 atom stereocenters. The van der Waals surface area contributed by atoms with Gasteiger partial charge in [0.15, 0.2) is 0 Å². The van der Waals surface area contributed by atoms with Crippen LogP contribution in [-0.4, -0.2) is 30.5 Å². The molecule has 1 saturated carbocycles. The van der Waals surface area contributed by atoms with Crippen LogP contribution in [0.2, 0.25) is 0 Å². The Labute approximate surface area is 90.2 Å². The van der Waals surface area contributed by atoms with E-state index in [2.05, 4.69) is 5.32 Å². The molecule has 0 radical (unpaired) electrons. The summed E-state index contributed by atoms with van der Waals surface area (Å²) in [6, 6.07) is -0.318. The lowest BCUT2D eigenvalue weighted by atomic mass is 10.2. The molecule has 0 aromatic rings. The van der Waals surface area contributed by atoms with Gasteiger partial charge < -0.3 is 11.1 Å². The second-order valence-electron chi connectivity index (χ2n) is 3.91. The maximum atomic E-state index is 11.4. The van der Waals surface area contributed by atoms with Gasteiger partial charge in [0.1, 0.15) is 0 Å². The normalized spacial score (nSPS) is 17.9. The quantitative estimate of drug-likeness (QED) is 0.667. The van der Waals surface area contributed by atoms with E-state index < -0.39 is 0 Å². The number of nitrogens with two attached hydrogens (primary N) is 1. The summed E-state index contributed by atoms with van der Waals surface area (Å²) in [5.74, 6) is 1.84. The molecule has 0 aromatic carbocycles. The van der Waals surface area contributed by atoms with E-state index in [1.54, 1.807) is 11.8 Å². The molecule has 1 fully saturated rings. The Bertz CT molecular complexity index is 183. The molecule has 0 bridgehead atoms. The largest absolute Gasteiger partial charge is 0.355 e. The molecule has 0 heterocycles. The van der Waals surface area contributed by atoms with Gasteiger partial charge in [-0.25, -0.2) is 0 Å². The fraction of sp³-hybridized carbons (Fsp3) is 0.900. The predicted molar refractivity (Wildman–Crippen MR) is 61.3 cm³/mol. The number of amides is 1. The molecule has 14 heavy (non-hydrogen) atoms. The van der Waals surface area contributed by atoms with E-state index in [1.165, 1.54) is 12.8 Å². The summed E-state index contributed by atoms with van der Waals surface area (Å²) in [6.45, 7) is 0.802. The Kier molecular flexibility index (Phi) is 5.33. The van der Waals surface area contributed by atoms with E-state index in [9.17, 15) is 4.79 Å². The molecule has 0 saturated heterocycles. The van der Waals surface area contributed by atoms with E-state index in [1.807, 2.05) is 6.26 Å². The highest BCUT2D eigenvalue weighted by molar-refractivity contribution is 7.98. The average Bonchev–Trinajstić information content (AvgIpc) is 2.97. The van der Waals surface area contributed by atoms with Crippen molar-refractivity contribution in [2.45, 2.75) is 31.7 Å². The van der Waals surface area contributed by atoms with Crippen LogP contribution < -0.4 is 11.1 Å². The molecule has 82 valence electrons. The fourth-order valence-electron chi connectivity index (χ4n) is 1.31. The lowest BCUT2D eigenvalue weighted by Gasteiger charge is -2.11. The number of carbonyl (C=O) groups excluding carboxylic acids is 1. The SMILES string of the molecule is CSCC[C@@H](N)C(=O)NCCC1CC1. The fourth-order valence-corrected chi connectivity index (χ4v) is 1.80. The van der Waals surface area contributed by atoms with Gasteiger partial charge in [0.25, 0.3) is 0 Å². The highest BCUT2D eigenvalue weighted by Gasteiger charge is 2.21. The van der Waals surface area contributed by atoms with Crippen molar-refractivity contribution in [1.29, 1.82) is 0 Å². The van der Waals surface area contributed by atoms with Crippen molar-refractivity contribution in [2.24, 2.45) is 11.7 Å². The molecule has 0 spiro atoms. The zero-order chi connectivity index (χ0) is 10.4. The lowest BCUT2D eigenvalue weighted by Crippen LogP contribution is -2.41. The molecule has 1 rings (SSSR count). The monoisotopic (exact) mass is 216 g/mol. The third-order valence-electron chi connectivity index (χ3n) is 2.52. The summed E-state index contributed by atoms with van der Waals surface area (Å²) in [5.41, 5.74) is 5.71. The number of hydrogen-bond donors (Lipinski definition) is 2. The van der Waals surface area contributed by atoms with E-state index in [0.717, 1.165) is 31.1 Å². The van der Waals surface area contributed by atoms with Gasteiger partial charge in [-0.3, -0.25) is 4.79 Å². The summed E-state index contributed by atoms with van der Waals surface area (Å²) >= 11 is 1.73. The summed E-state index contributed by atoms with van der Waals surface area (Å²) < 4.78 is 0. The highest BCUT2D eigenvalue weighted by Crippen LogP contribution is 2.31. The molecule has 3 N–H and O–H groups in total. The summed E-state index contributed by atoms with van der Waals surface area (Å²) in [7, 11) is 0. The van der Waals surface area contributed by atoms with Gasteiger partial charge in [0.05, 0.1) is 6.04 Å². The van der Waals surface area contributed by atoms with Crippen LogP contribution in [0.5, 0.6) is 0 Å². The molecule has 1 amide bonds. The molecular weight excluding hydrogens is 196 g/mol. The first-order valence-corrected chi connectivity index (χ1v) is 6.65. The van der Waals surface area contributed by atoms with Gasteiger partial charge in [0, 0.05) is 6.54 Å². The number of rotatable bonds is 7. The number of nitrogens with one attached hydrogen (secondary N) is 1. The van der Waals surface area contributed by atoms with Crippen LogP contribution in [0.15, 0.2) is 0 Å². The first kappa shape index (κ1) is 11.9. The van der Waals surface area contributed by atoms with Crippen molar-refractivity contribution in [2.75, 3.05) is 18.6 Å². The molecule has 3 nitrogen and oxygen atoms in total. The van der Waals surface area contributed by atoms with Crippen molar-refractivity contribution in [3.05, 3.63) is 0 Å². The van der Waals surface area contributed by atoms with E-state index in [4.69, 9.17) is 5.73 Å². The average molecular weight is 216 g/mol. The minimum Gasteiger partial charge on any atom is -0.355 e. The molecule has 0 aromatic heterocycles. The Hall–Kier alpha value is -0.220. The predicted octanol–water partition coefficient (Wildman–Crippen LogP) is 0.983. The van der Waals surface area contributed by atoms with Crippen molar-refractivity contribution in [3.63, 3.8) is 0 Å². The Morgan fingerprint density at radius 1 is 1.64 bits per heavy atom. The van der Waals surface area contributed by atoms with E-state index in [-0.39, 0.29) is 11.9 Å². The maximum Gasteiger partial charge on any atom is 0.236 e. The maximum absolute atomic E-state index is 11.4. The Morgan fingerprint density at radius 3 is 2.93 bits per heavy atom. The van der Waals surface area contributed by atoms with Crippen molar-refractivity contribution in [1.82, 2.24) is 5.32 Å². The molecular formula is C10H20N2OS. The van der Waals surface area contributed by atoms with Crippen LogP contribution in [0.4, 0.5) is 0 Å². The molecule has 1 aliphatic rings. The summed E-state index contributed by atoms with van der Waals surface area (Å²) in [6.07, 6.45) is 6.61. The zero-order valence-electron chi connectivity index (χ0n) is 8.79. The molecule has 4 heteroatoms. The third-order valence-corrected chi connectivity index (χ3v) is 3.16. The lowest BCUT2D eigenvalue weighted by molar-refractivity contribution is -0.122. The van der Waals surface area contributed by atoms with Crippen molar-refractivity contribution < 1.29 is 4.79 Å². The first-order chi connectivity index (χ1) is 6.74. The van der Waals surface area contributed by atoms with E-state index >= 15 is 0 Å². The molecule has 0 unspecified atom stereocenters. The van der Waals surface area contributed by atoms with Gasteiger partial charge in [-0.05, 0) is 30.8 Å². The minimum absolute atomic E-state index is 0.0136. The first-order valence-electron chi connectivity index (χ1n) is 5.26. The topological polar surface area (TPSA) is 55.1 Å². The number of thioether (sulfide) groups is 1. The zero-order valence-corrected chi connectivity index (χ0v) is 9.61. The Morgan fingerprint density at radius 2 is 2.36 bits per heavy atom. The van der Waals surface area contributed by atoms with Crippen LogP contribution in [0.1, 0.15) is 25.7 Å². The highest BCUT2D eigenvalue weighted by atomic mass is 32.2. The second-order valence-corrected chi connectivity index (χ2v) is 4.90. The summed E-state index contributed by atoms with van der Waals surface area (Å²) in [4.78, 5) is 11.4. The smallest absolute Gasteiger partial charge is 0.236 e. The number of carbonyl (C=O) groups is 1. The third kappa shape index (κ3) is 4.86. The summed E-state index contributed by atoms with van der Waals surface area (Å²) in [5, 5.41) is 2.89. The standard InChI is InChI=1S/C10H20N2OS/c1-14-7-5-9(11)10(13)12-6-4-8-2-3-8/h8-9H,2-7,11H2,1H3,(H,12,13)/t9-/m1/s1. The van der Waals surface area contributed by atoms with Gasteiger partial charge in [-0.15, -0.1) is 0 Å². The van der Waals surface area contributed by atoms with Crippen molar-refractivity contribution >= 4 is 17.7 Å². The minimum atomic E-state index is -0.318. The molecule has 1 aliphatic carbocycles. The van der Waals surface area contributed by atoms with Gasteiger partial charge >= 0.3 is 0 Å². The van der Waals surface area contributed by atoms with E-state index in [0.29, 0.717) is 0 Å². The number of hydrogen-bond acceptors (Lipinski definition) is 3. The van der Waals surface area contributed by atoms with Gasteiger partial charge in [0.2, 0.25) is 5.91 Å². The van der Waals surface area contributed by atoms with Gasteiger partial charge in [-0.1, -0.05) is 12.8 Å².